The number of hydrogen-bond donors (Lipinski definition) is 0. The molecule has 0 atom stereocenters. The van der Waals surface area contributed by atoms with E-state index in [9.17, 15) is 4.79 Å². The van der Waals surface area contributed by atoms with Gasteiger partial charge >= 0.3 is 0 Å². The van der Waals surface area contributed by atoms with Crippen molar-refractivity contribution in [1.82, 2.24) is 0 Å². The number of hydrogen-bond acceptors (Lipinski definition) is 4. The fourth-order valence-electron chi connectivity index (χ4n) is 3.44. The lowest BCUT2D eigenvalue weighted by Gasteiger charge is -2.19. The molecule has 0 radical (unpaired) electrons. The number of aliphatic imine (C=N–C) groups is 1. The summed E-state index contributed by atoms with van der Waals surface area (Å²) >= 11 is 0. The highest BCUT2D eigenvalue weighted by Crippen LogP contribution is 2.29. The van der Waals surface area contributed by atoms with Gasteiger partial charge in [0.25, 0.3) is 5.91 Å². The molecule has 0 aromatic heterocycles. The fraction of sp³-hybridized carbons (Fsp3) is 0.154. The topological polar surface area (TPSA) is 51.1 Å². The van der Waals surface area contributed by atoms with E-state index in [0.29, 0.717) is 18.1 Å². The summed E-state index contributed by atoms with van der Waals surface area (Å²) in [7, 11) is 1.63. The molecule has 0 fully saturated rings. The summed E-state index contributed by atoms with van der Waals surface area (Å²) in [4.78, 5) is 19.8. The average Bonchev–Trinajstić information content (AvgIpc) is 3.11. The number of amides is 1. The summed E-state index contributed by atoms with van der Waals surface area (Å²) in [6.07, 6.45) is 1.80. The maximum absolute atomic E-state index is 13.4. The van der Waals surface area contributed by atoms with E-state index in [-0.39, 0.29) is 5.91 Å². The third-order valence-corrected chi connectivity index (χ3v) is 4.96. The highest BCUT2D eigenvalue weighted by Gasteiger charge is 2.32. The van der Waals surface area contributed by atoms with Crippen LogP contribution < -0.4 is 14.4 Å². The molecule has 156 valence electrons. The van der Waals surface area contributed by atoms with Crippen LogP contribution in [-0.2, 0) is 4.79 Å². The smallest absolute Gasteiger partial charge is 0.282 e. The Hall–Kier alpha value is -3.86. The zero-order valence-electron chi connectivity index (χ0n) is 17.8. The van der Waals surface area contributed by atoms with E-state index in [1.165, 1.54) is 0 Å². The van der Waals surface area contributed by atoms with Gasteiger partial charge in [0, 0.05) is 5.56 Å². The molecule has 5 nitrogen and oxygen atoms in total. The van der Waals surface area contributed by atoms with Crippen molar-refractivity contribution in [2.24, 2.45) is 4.99 Å². The first kappa shape index (κ1) is 20.4. The summed E-state index contributed by atoms with van der Waals surface area (Å²) in [6, 6.07) is 23.0. The Morgan fingerprint density at radius 3 is 2.32 bits per heavy atom. The number of benzene rings is 3. The molecule has 0 N–H and O–H groups in total. The highest BCUT2D eigenvalue weighted by atomic mass is 16.5. The average molecular weight is 412 g/mol. The van der Waals surface area contributed by atoms with E-state index >= 15 is 0 Å². The lowest BCUT2D eigenvalue weighted by molar-refractivity contribution is -0.113. The predicted molar refractivity (Wildman–Crippen MR) is 124 cm³/mol. The summed E-state index contributed by atoms with van der Waals surface area (Å²) in [5.41, 5.74) is 3.97. The summed E-state index contributed by atoms with van der Waals surface area (Å²) < 4.78 is 10.8. The van der Waals surface area contributed by atoms with Crippen LogP contribution in [0.1, 0.15) is 23.6 Å². The Labute approximate surface area is 182 Å². The molecular weight excluding hydrogens is 388 g/mol. The molecule has 0 bridgehead atoms. The number of carbonyl (C=O) groups is 1. The first-order chi connectivity index (χ1) is 15.1. The van der Waals surface area contributed by atoms with E-state index in [1.807, 2.05) is 86.6 Å². The van der Waals surface area contributed by atoms with Crippen molar-refractivity contribution in [2.45, 2.75) is 13.8 Å². The maximum atomic E-state index is 13.4. The molecule has 0 saturated carbocycles. The standard InChI is InChI=1S/C26H24N2O3/c1-4-31-23-12-8-19(9-13-23)17-24-26(29)28(21-7-5-6-18(2)16-21)25(27-24)20-10-14-22(30-3)15-11-20/h5-17H,4H2,1-3H3/b24-17+. The zero-order chi connectivity index (χ0) is 21.8. The molecule has 0 spiro atoms. The van der Waals surface area contributed by atoms with Gasteiger partial charge in [-0.05, 0) is 79.6 Å². The normalized spacial score (nSPS) is 14.7. The molecule has 0 unspecified atom stereocenters. The Bertz CT molecular complexity index is 1150. The Morgan fingerprint density at radius 1 is 0.968 bits per heavy atom. The Kier molecular flexibility index (Phi) is 5.85. The zero-order valence-corrected chi connectivity index (χ0v) is 17.8. The Balaban J connectivity index is 1.75. The monoisotopic (exact) mass is 412 g/mol. The van der Waals surface area contributed by atoms with Crippen LogP contribution in [-0.4, -0.2) is 25.5 Å². The second kappa shape index (κ2) is 8.88. The van der Waals surface area contributed by atoms with Gasteiger partial charge in [-0.25, -0.2) is 4.99 Å². The minimum Gasteiger partial charge on any atom is -0.497 e. The SMILES string of the molecule is CCOc1ccc(/C=C2/N=C(c3ccc(OC)cc3)N(c3cccc(C)c3)C2=O)cc1. The molecule has 31 heavy (non-hydrogen) atoms. The van der Waals surface area contributed by atoms with Crippen molar-refractivity contribution in [1.29, 1.82) is 0 Å². The van der Waals surface area contributed by atoms with Gasteiger partial charge in [-0.1, -0.05) is 24.3 Å². The van der Waals surface area contributed by atoms with E-state index in [4.69, 9.17) is 14.5 Å². The molecule has 1 amide bonds. The number of carbonyl (C=O) groups excluding carboxylic acids is 1. The minimum absolute atomic E-state index is 0.162. The number of nitrogens with zero attached hydrogens (tertiary/aromatic N) is 2. The van der Waals surface area contributed by atoms with Crippen LogP contribution in [0.15, 0.2) is 83.5 Å². The van der Waals surface area contributed by atoms with Crippen molar-refractivity contribution in [3.05, 3.63) is 95.2 Å². The lowest BCUT2D eigenvalue weighted by atomic mass is 10.1. The van der Waals surface area contributed by atoms with Crippen molar-refractivity contribution >= 4 is 23.5 Å². The first-order valence-electron chi connectivity index (χ1n) is 10.2. The van der Waals surface area contributed by atoms with Gasteiger partial charge in [0.2, 0.25) is 0 Å². The highest BCUT2D eigenvalue weighted by molar-refractivity contribution is 6.33. The molecule has 0 aliphatic carbocycles. The molecule has 3 aromatic rings. The molecular formula is C26H24N2O3. The second-order valence-corrected chi connectivity index (χ2v) is 7.18. The fourth-order valence-corrected chi connectivity index (χ4v) is 3.44. The van der Waals surface area contributed by atoms with Crippen LogP contribution >= 0.6 is 0 Å². The van der Waals surface area contributed by atoms with Gasteiger partial charge in [-0.2, -0.15) is 0 Å². The first-order valence-corrected chi connectivity index (χ1v) is 10.2. The van der Waals surface area contributed by atoms with Gasteiger partial charge in [-0.3, -0.25) is 9.69 Å². The number of amidine groups is 1. The van der Waals surface area contributed by atoms with E-state index < -0.39 is 0 Å². The van der Waals surface area contributed by atoms with Gasteiger partial charge in [0.1, 0.15) is 23.0 Å². The lowest BCUT2D eigenvalue weighted by Crippen LogP contribution is -2.32. The van der Waals surface area contributed by atoms with Crippen molar-refractivity contribution in [2.75, 3.05) is 18.6 Å². The van der Waals surface area contributed by atoms with Crippen molar-refractivity contribution in [3.8, 4) is 11.5 Å². The quantitative estimate of drug-likeness (QED) is 0.521. The second-order valence-electron chi connectivity index (χ2n) is 7.18. The number of ether oxygens (including phenoxy) is 2. The molecule has 1 heterocycles. The summed E-state index contributed by atoms with van der Waals surface area (Å²) in [5, 5.41) is 0. The third kappa shape index (κ3) is 4.36. The minimum atomic E-state index is -0.162. The molecule has 1 aliphatic rings. The molecule has 3 aromatic carbocycles. The van der Waals surface area contributed by atoms with Crippen LogP contribution in [0.5, 0.6) is 11.5 Å². The third-order valence-electron chi connectivity index (χ3n) is 4.96. The molecule has 4 rings (SSSR count). The predicted octanol–water partition coefficient (Wildman–Crippen LogP) is 5.24. The summed E-state index contributed by atoms with van der Waals surface area (Å²) in [5.74, 6) is 1.98. The van der Waals surface area contributed by atoms with Gasteiger partial charge in [0.15, 0.2) is 0 Å². The number of aryl methyl sites for hydroxylation is 1. The van der Waals surface area contributed by atoms with E-state index in [1.54, 1.807) is 18.1 Å². The maximum Gasteiger partial charge on any atom is 0.282 e. The van der Waals surface area contributed by atoms with Gasteiger partial charge in [0.05, 0.1) is 19.4 Å². The summed E-state index contributed by atoms with van der Waals surface area (Å²) in [6.45, 7) is 4.56. The molecule has 1 aliphatic heterocycles. The van der Waals surface area contributed by atoms with Crippen LogP contribution in [0, 0.1) is 6.92 Å². The van der Waals surface area contributed by atoms with Gasteiger partial charge in [-0.15, -0.1) is 0 Å². The largest absolute Gasteiger partial charge is 0.497 e. The van der Waals surface area contributed by atoms with Gasteiger partial charge < -0.3 is 9.47 Å². The Morgan fingerprint density at radius 2 is 1.68 bits per heavy atom. The van der Waals surface area contributed by atoms with Crippen LogP contribution in [0.4, 0.5) is 5.69 Å². The van der Waals surface area contributed by atoms with Crippen LogP contribution in [0.25, 0.3) is 6.08 Å². The number of methoxy groups -OCH3 is 1. The van der Waals surface area contributed by atoms with E-state index in [0.717, 1.165) is 33.9 Å². The van der Waals surface area contributed by atoms with E-state index in [2.05, 4.69) is 0 Å². The number of rotatable bonds is 6. The van der Waals surface area contributed by atoms with Crippen molar-refractivity contribution < 1.29 is 14.3 Å². The molecule has 0 saturated heterocycles. The number of anilines is 1. The van der Waals surface area contributed by atoms with Crippen LogP contribution in [0.3, 0.4) is 0 Å². The molecule has 5 heteroatoms. The van der Waals surface area contributed by atoms with Crippen LogP contribution in [0.2, 0.25) is 0 Å². The van der Waals surface area contributed by atoms with Crippen molar-refractivity contribution in [3.63, 3.8) is 0 Å².